The average Bonchev–Trinajstić information content (AvgIpc) is 3.09. The van der Waals surface area contributed by atoms with Crippen LogP contribution in [0.1, 0.15) is 31.9 Å². The van der Waals surface area contributed by atoms with Crippen molar-refractivity contribution in [3.63, 3.8) is 0 Å². The molecule has 0 spiro atoms. The van der Waals surface area contributed by atoms with Crippen molar-refractivity contribution in [1.29, 1.82) is 0 Å². The van der Waals surface area contributed by atoms with E-state index in [0.29, 0.717) is 31.8 Å². The molecular weight excluding hydrogens is 495 g/mol. The van der Waals surface area contributed by atoms with Crippen molar-refractivity contribution >= 4 is 62.5 Å². The van der Waals surface area contributed by atoms with Crippen LogP contribution in [-0.2, 0) is 4.79 Å². The second-order valence-corrected chi connectivity index (χ2v) is 9.53. The van der Waals surface area contributed by atoms with Gasteiger partial charge in [-0.05, 0) is 43.7 Å². The molecule has 1 aromatic heterocycles. The number of ketones is 1. The quantitative estimate of drug-likeness (QED) is 0.204. The third-order valence-corrected chi connectivity index (χ3v) is 6.88. The lowest BCUT2D eigenvalue weighted by Crippen LogP contribution is -2.03. The predicted molar refractivity (Wildman–Crippen MR) is 136 cm³/mol. The zero-order valence-corrected chi connectivity index (χ0v) is 20.4. The third-order valence-electron chi connectivity index (χ3n) is 5.13. The van der Waals surface area contributed by atoms with Crippen LogP contribution in [0.3, 0.4) is 0 Å². The Morgan fingerprint density at radius 3 is 2.35 bits per heavy atom. The Hall–Kier alpha value is -3.32. The van der Waals surface area contributed by atoms with Gasteiger partial charge < -0.3 is 14.9 Å². The van der Waals surface area contributed by atoms with Crippen LogP contribution in [-0.4, -0.2) is 22.0 Å². The monoisotopic (exact) mass is 512 g/mol. The lowest BCUT2D eigenvalue weighted by molar-refractivity contribution is -0.131. The molecule has 0 saturated heterocycles. The molecule has 172 valence electrons. The number of carboxylic acid groups (broad SMARTS) is 1. The van der Waals surface area contributed by atoms with Crippen molar-refractivity contribution in [1.82, 2.24) is 0 Å². The second kappa shape index (κ2) is 9.50. The highest BCUT2D eigenvalue weighted by Crippen LogP contribution is 2.44. The van der Waals surface area contributed by atoms with Crippen LogP contribution in [0.5, 0.6) is 17.2 Å². The normalized spacial score (nSPS) is 11.3. The summed E-state index contributed by atoms with van der Waals surface area (Å²) in [6, 6.07) is 13.4. The molecule has 3 aromatic carbocycles. The van der Waals surface area contributed by atoms with Gasteiger partial charge in [0.05, 0.1) is 10.0 Å². The van der Waals surface area contributed by atoms with Gasteiger partial charge in [-0.15, -0.1) is 11.3 Å². The summed E-state index contributed by atoms with van der Waals surface area (Å²) in [6.07, 6.45) is 2.24. The molecule has 4 rings (SSSR count). The van der Waals surface area contributed by atoms with E-state index in [1.165, 1.54) is 35.6 Å². The lowest BCUT2D eigenvalue weighted by Gasteiger charge is -2.11. The second-order valence-electron chi connectivity index (χ2n) is 7.66. The van der Waals surface area contributed by atoms with Crippen LogP contribution >= 0.6 is 34.5 Å². The number of aliphatic carboxylic acids is 1. The van der Waals surface area contributed by atoms with E-state index in [1.54, 1.807) is 18.2 Å². The van der Waals surface area contributed by atoms with Gasteiger partial charge in [-0.2, -0.15) is 0 Å². The Kier molecular flexibility index (Phi) is 6.66. The minimum absolute atomic E-state index is 0.0754. The van der Waals surface area contributed by atoms with Crippen molar-refractivity contribution in [2.45, 2.75) is 13.8 Å². The van der Waals surface area contributed by atoms with E-state index in [4.69, 9.17) is 33.0 Å². The molecule has 0 atom stereocenters. The molecule has 0 aliphatic rings. The van der Waals surface area contributed by atoms with E-state index in [9.17, 15) is 14.7 Å². The van der Waals surface area contributed by atoms with Crippen molar-refractivity contribution in [2.75, 3.05) is 0 Å². The number of benzene rings is 3. The summed E-state index contributed by atoms with van der Waals surface area (Å²) in [5.74, 6) is -0.649. The van der Waals surface area contributed by atoms with Crippen LogP contribution in [0.25, 0.3) is 16.2 Å². The van der Waals surface area contributed by atoms with E-state index >= 15 is 0 Å². The molecule has 0 aliphatic carbocycles. The number of ether oxygens (including phenoxy) is 1. The average molecular weight is 513 g/mol. The van der Waals surface area contributed by atoms with Crippen LogP contribution < -0.4 is 4.74 Å². The number of halogens is 2. The Morgan fingerprint density at radius 1 is 1.00 bits per heavy atom. The van der Waals surface area contributed by atoms with E-state index in [1.807, 2.05) is 26.0 Å². The van der Waals surface area contributed by atoms with Gasteiger partial charge in [0.1, 0.15) is 16.4 Å². The van der Waals surface area contributed by atoms with Gasteiger partial charge in [0.2, 0.25) is 5.78 Å². The molecular formula is C26H18Cl2O5S. The number of phenolic OH excluding ortho intramolecular Hbond substituents is 1. The lowest BCUT2D eigenvalue weighted by atomic mass is 10.0. The van der Waals surface area contributed by atoms with Gasteiger partial charge in [-0.25, -0.2) is 4.79 Å². The number of carbonyl (C=O) groups is 2. The van der Waals surface area contributed by atoms with Crippen molar-refractivity contribution in [2.24, 2.45) is 0 Å². The highest BCUT2D eigenvalue weighted by atomic mass is 35.5. The molecule has 0 radical (unpaired) electrons. The zero-order valence-electron chi connectivity index (χ0n) is 18.1. The van der Waals surface area contributed by atoms with Gasteiger partial charge >= 0.3 is 5.97 Å². The number of carbonyl (C=O) groups excluding carboxylic acids is 1. The van der Waals surface area contributed by atoms with Gasteiger partial charge in [0.15, 0.2) is 5.75 Å². The molecule has 0 unspecified atom stereocenters. The maximum absolute atomic E-state index is 13.5. The van der Waals surface area contributed by atoms with E-state index in [2.05, 4.69) is 0 Å². The first-order valence-electron chi connectivity index (χ1n) is 10.1. The summed E-state index contributed by atoms with van der Waals surface area (Å²) < 4.78 is 6.83. The number of hydrogen-bond donors (Lipinski definition) is 2. The van der Waals surface area contributed by atoms with Gasteiger partial charge in [0.25, 0.3) is 0 Å². The molecule has 0 aliphatic heterocycles. The fourth-order valence-corrected chi connectivity index (χ4v) is 5.27. The number of carboxylic acids is 1. The standard InChI is InChI=1S/C26H18Cl2O5S/c1-13-3-5-17(14(2)9-13)24(32)26-25(19-6-4-15(29)10-22(19)34-26)33-16-11-20(27)18(21(28)12-16)7-8-23(30)31/h3-12,29H,1-2H3,(H,30,31)/b8-7+. The first-order valence-corrected chi connectivity index (χ1v) is 11.7. The molecule has 8 heteroatoms. The first-order chi connectivity index (χ1) is 16.1. The number of aryl methyl sites for hydroxylation is 2. The van der Waals surface area contributed by atoms with Gasteiger partial charge in [-0.1, -0.05) is 47.0 Å². The topological polar surface area (TPSA) is 83.8 Å². The Labute approximate surface area is 209 Å². The number of rotatable bonds is 6. The minimum atomic E-state index is -1.13. The fourth-order valence-electron chi connectivity index (χ4n) is 3.55. The number of thiophene rings is 1. The Bertz CT molecular complexity index is 1460. The summed E-state index contributed by atoms with van der Waals surface area (Å²) in [7, 11) is 0. The van der Waals surface area contributed by atoms with Gasteiger partial charge in [-0.3, -0.25) is 4.79 Å². The zero-order chi connectivity index (χ0) is 24.6. The van der Waals surface area contributed by atoms with E-state index in [-0.39, 0.29) is 27.3 Å². The first kappa shape index (κ1) is 23.8. The van der Waals surface area contributed by atoms with Crippen molar-refractivity contribution < 1.29 is 24.5 Å². The summed E-state index contributed by atoms with van der Waals surface area (Å²) in [4.78, 5) is 24.7. The van der Waals surface area contributed by atoms with Crippen molar-refractivity contribution in [3.05, 3.63) is 91.8 Å². The molecule has 0 bridgehead atoms. The smallest absolute Gasteiger partial charge is 0.328 e. The van der Waals surface area contributed by atoms with Crippen LogP contribution in [0.4, 0.5) is 0 Å². The number of aromatic hydroxyl groups is 1. The summed E-state index contributed by atoms with van der Waals surface area (Å²) in [6.45, 7) is 3.84. The molecule has 2 N–H and O–H groups in total. The minimum Gasteiger partial charge on any atom is -0.508 e. The molecule has 0 saturated carbocycles. The maximum atomic E-state index is 13.5. The maximum Gasteiger partial charge on any atom is 0.328 e. The van der Waals surface area contributed by atoms with E-state index < -0.39 is 5.97 Å². The predicted octanol–water partition coefficient (Wildman–Crippen LogP) is 7.65. The molecule has 34 heavy (non-hydrogen) atoms. The molecule has 5 nitrogen and oxygen atoms in total. The van der Waals surface area contributed by atoms with Crippen LogP contribution in [0.15, 0.2) is 54.6 Å². The number of fused-ring (bicyclic) bond motifs is 1. The molecule has 1 heterocycles. The van der Waals surface area contributed by atoms with Crippen molar-refractivity contribution in [3.8, 4) is 17.2 Å². The largest absolute Gasteiger partial charge is 0.508 e. The highest BCUT2D eigenvalue weighted by Gasteiger charge is 2.24. The summed E-state index contributed by atoms with van der Waals surface area (Å²) >= 11 is 13.9. The molecule has 4 aromatic rings. The fraction of sp³-hybridized carbons (Fsp3) is 0.0769. The summed E-state index contributed by atoms with van der Waals surface area (Å²) in [5.41, 5.74) is 2.78. The number of phenols is 1. The third kappa shape index (κ3) is 4.80. The van der Waals surface area contributed by atoms with E-state index in [0.717, 1.165) is 17.2 Å². The Balaban J connectivity index is 1.82. The molecule has 0 amide bonds. The molecule has 0 fully saturated rings. The SMILES string of the molecule is Cc1ccc(C(=O)c2sc3cc(O)ccc3c2Oc2cc(Cl)c(/C=C/C(=O)O)c(Cl)c2)c(C)c1. The highest BCUT2D eigenvalue weighted by molar-refractivity contribution is 7.21. The van der Waals surface area contributed by atoms with Crippen LogP contribution in [0.2, 0.25) is 10.0 Å². The summed E-state index contributed by atoms with van der Waals surface area (Å²) in [5, 5.41) is 19.8. The Morgan fingerprint density at radius 2 is 1.71 bits per heavy atom. The number of hydrogen-bond acceptors (Lipinski definition) is 5. The van der Waals surface area contributed by atoms with Crippen LogP contribution in [0, 0.1) is 13.8 Å². The van der Waals surface area contributed by atoms with Gasteiger partial charge in [0, 0.05) is 39.4 Å².